The minimum atomic E-state index is -0.165. The molecule has 0 aromatic heterocycles. The predicted molar refractivity (Wildman–Crippen MR) is 77.3 cm³/mol. The van der Waals surface area contributed by atoms with E-state index in [0.29, 0.717) is 6.61 Å². The van der Waals surface area contributed by atoms with Crippen LogP contribution in [-0.4, -0.2) is 37.2 Å². The van der Waals surface area contributed by atoms with Gasteiger partial charge in [0.25, 0.3) is 0 Å². The molecule has 2 aliphatic heterocycles. The molecule has 2 fully saturated rings. The highest BCUT2D eigenvalue weighted by molar-refractivity contribution is 5.67. The molecule has 1 aromatic carbocycles. The molecule has 2 atom stereocenters. The van der Waals surface area contributed by atoms with Crippen LogP contribution in [0, 0.1) is 11.8 Å². The molecule has 2 aliphatic rings. The number of ether oxygens (including phenoxy) is 1. The maximum absolute atomic E-state index is 12.1. The number of hydrogen-bond donors (Lipinski definition) is 1. The Kier molecular flexibility index (Phi) is 4.21. The van der Waals surface area contributed by atoms with E-state index in [0.717, 1.165) is 56.4 Å². The highest BCUT2D eigenvalue weighted by Crippen LogP contribution is 2.27. The van der Waals surface area contributed by atoms with E-state index in [1.54, 1.807) is 0 Å². The Hall–Kier alpha value is -1.55. The number of carbonyl (C=O) groups is 1. The first-order valence-corrected chi connectivity index (χ1v) is 7.49. The summed E-state index contributed by atoms with van der Waals surface area (Å²) in [5, 5.41) is 3.45. The molecule has 0 saturated carbocycles. The van der Waals surface area contributed by atoms with E-state index in [-0.39, 0.29) is 6.09 Å². The van der Waals surface area contributed by atoms with Gasteiger partial charge in [-0.15, -0.1) is 0 Å². The van der Waals surface area contributed by atoms with Crippen molar-refractivity contribution in [2.45, 2.75) is 19.4 Å². The summed E-state index contributed by atoms with van der Waals surface area (Å²) in [6.45, 7) is 4.24. The average molecular weight is 274 g/mol. The van der Waals surface area contributed by atoms with Gasteiger partial charge in [0.15, 0.2) is 0 Å². The van der Waals surface area contributed by atoms with Gasteiger partial charge in [-0.05, 0) is 43.3 Å². The summed E-state index contributed by atoms with van der Waals surface area (Å²) >= 11 is 0. The van der Waals surface area contributed by atoms with Crippen LogP contribution < -0.4 is 5.32 Å². The smallest absolute Gasteiger partial charge is 0.410 e. The van der Waals surface area contributed by atoms with Crippen molar-refractivity contribution in [2.24, 2.45) is 11.8 Å². The van der Waals surface area contributed by atoms with E-state index >= 15 is 0 Å². The fourth-order valence-electron chi connectivity index (χ4n) is 3.21. The van der Waals surface area contributed by atoms with Gasteiger partial charge in [-0.3, -0.25) is 0 Å². The molecule has 108 valence electrons. The van der Waals surface area contributed by atoms with Gasteiger partial charge < -0.3 is 15.0 Å². The van der Waals surface area contributed by atoms with Gasteiger partial charge in [0, 0.05) is 13.1 Å². The fraction of sp³-hybridized carbons (Fsp3) is 0.562. The summed E-state index contributed by atoms with van der Waals surface area (Å²) in [7, 11) is 0. The Morgan fingerprint density at radius 1 is 1.15 bits per heavy atom. The molecule has 20 heavy (non-hydrogen) atoms. The third-order valence-electron chi connectivity index (χ3n) is 4.48. The predicted octanol–water partition coefficient (Wildman–Crippen LogP) is 2.25. The number of hydrogen-bond acceptors (Lipinski definition) is 3. The van der Waals surface area contributed by atoms with Crippen LogP contribution in [0.3, 0.4) is 0 Å². The van der Waals surface area contributed by atoms with E-state index in [1.807, 2.05) is 35.2 Å². The minimum Gasteiger partial charge on any atom is -0.445 e. The molecular formula is C16H22N2O2. The first kappa shape index (κ1) is 13.4. The first-order chi connectivity index (χ1) is 9.83. The fourth-order valence-corrected chi connectivity index (χ4v) is 3.21. The lowest BCUT2D eigenvalue weighted by Crippen LogP contribution is -2.33. The van der Waals surface area contributed by atoms with Gasteiger partial charge in [0.05, 0.1) is 0 Å². The summed E-state index contributed by atoms with van der Waals surface area (Å²) in [5.41, 5.74) is 1.04. The highest BCUT2D eigenvalue weighted by Gasteiger charge is 2.31. The zero-order valence-corrected chi connectivity index (χ0v) is 11.8. The van der Waals surface area contributed by atoms with Crippen molar-refractivity contribution < 1.29 is 9.53 Å². The lowest BCUT2D eigenvalue weighted by Gasteiger charge is -2.20. The second-order valence-electron chi connectivity index (χ2n) is 5.78. The summed E-state index contributed by atoms with van der Waals surface area (Å²) in [4.78, 5) is 14.0. The van der Waals surface area contributed by atoms with E-state index in [1.165, 1.54) is 0 Å². The van der Waals surface area contributed by atoms with Crippen molar-refractivity contribution in [3.05, 3.63) is 35.9 Å². The molecule has 0 bridgehead atoms. The topological polar surface area (TPSA) is 41.6 Å². The van der Waals surface area contributed by atoms with E-state index < -0.39 is 0 Å². The van der Waals surface area contributed by atoms with E-state index in [9.17, 15) is 4.79 Å². The van der Waals surface area contributed by atoms with Crippen LogP contribution in [0.25, 0.3) is 0 Å². The third-order valence-corrected chi connectivity index (χ3v) is 4.48. The number of fused-ring (bicyclic) bond motifs is 1. The molecule has 0 spiro atoms. The standard InChI is InChI=1S/C16H22N2O2/c19-16(20-12-13-4-2-1-3-5-13)18-8-6-14-10-17-11-15(14)7-9-18/h1-5,14-15,17H,6-12H2. The van der Waals surface area contributed by atoms with Crippen molar-refractivity contribution in [1.29, 1.82) is 0 Å². The molecule has 1 aromatic rings. The maximum Gasteiger partial charge on any atom is 0.410 e. The number of carbonyl (C=O) groups excluding carboxylic acids is 1. The van der Waals surface area contributed by atoms with E-state index in [4.69, 9.17) is 4.74 Å². The zero-order chi connectivity index (χ0) is 13.8. The second kappa shape index (κ2) is 6.27. The van der Waals surface area contributed by atoms with Crippen LogP contribution in [0.2, 0.25) is 0 Å². The Bertz CT molecular complexity index is 435. The zero-order valence-electron chi connectivity index (χ0n) is 11.8. The minimum absolute atomic E-state index is 0.165. The Labute approximate surface area is 120 Å². The quantitative estimate of drug-likeness (QED) is 0.899. The maximum atomic E-state index is 12.1. The van der Waals surface area contributed by atoms with E-state index in [2.05, 4.69) is 5.32 Å². The number of rotatable bonds is 2. The summed E-state index contributed by atoms with van der Waals surface area (Å²) < 4.78 is 5.42. The molecule has 0 aliphatic carbocycles. The van der Waals surface area contributed by atoms with Crippen molar-refractivity contribution in [1.82, 2.24) is 10.2 Å². The molecule has 2 saturated heterocycles. The molecule has 0 radical (unpaired) electrons. The van der Waals surface area contributed by atoms with Gasteiger partial charge in [-0.1, -0.05) is 30.3 Å². The lowest BCUT2D eigenvalue weighted by molar-refractivity contribution is 0.0967. The van der Waals surface area contributed by atoms with Gasteiger partial charge in [-0.2, -0.15) is 0 Å². The monoisotopic (exact) mass is 274 g/mol. The van der Waals surface area contributed by atoms with Crippen molar-refractivity contribution in [3.8, 4) is 0 Å². The number of amides is 1. The Balaban J connectivity index is 1.50. The molecular weight excluding hydrogens is 252 g/mol. The highest BCUT2D eigenvalue weighted by atomic mass is 16.6. The molecule has 4 heteroatoms. The second-order valence-corrected chi connectivity index (χ2v) is 5.78. The van der Waals surface area contributed by atoms with Crippen LogP contribution in [0.15, 0.2) is 30.3 Å². The molecule has 1 N–H and O–H groups in total. The largest absolute Gasteiger partial charge is 0.445 e. The average Bonchev–Trinajstić information content (AvgIpc) is 2.84. The van der Waals surface area contributed by atoms with Gasteiger partial charge in [0.2, 0.25) is 0 Å². The van der Waals surface area contributed by atoms with Gasteiger partial charge in [0.1, 0.15) is 6.61 Å². The number of nitrogens with zero attached hydrogens (tertiary/aromatic N) is 1. The van der Waals surface area contributed by atoms with Crippen LogP contribution >= 0.6 is 0 Å². The van der Waals surface area contributed by atoms with Crippen LogP contribution in [0.5, 0.6) is 0 Å². The lowest BCUT2D eigenvalue weighted by atomic mass is 9.92. The Morgan fingerprint density at radius 3 is 2.45 bits per heavy atom. The molecule has 2 heterocycles. The Morgan fingerprint density at radius 2 is 1.80 bits per heavy atom. The summed E-state index contributed by atoms with van der Waals surface area (Å²) in [6.07, 6.45) is 2.03. The number of likely N-dealkylation sites (tertiary alicyclic amines) is 1. The normalized spacial score (nSPS) is 25.9. The molecule has 2 unspecified atom stereocenters. The van der Waals surface area contributed by atoms with Crippen molar-refractivity contribution >= 4 is 6.09 Å². The van der Waals surface area contributed by atoms with Gasteiger partial charge in [-0.25, -0.2) is 4.79 Å². The number of benzene rings is 1. The van der Waals surface area contributed by atoms with Crippen molar-refractivity contribution in [3.63, 3.8) is 0 Å². The van der Waals surface area contributed by atoms with Crippen molar-refractivity contribution in [2.75, 3.05) is 26.2 Å². The van der Waals surface area contributed by atoms with Crippen LogP contribution in [0.1, 0.15) is 18.4 Å². The summed E-state index contributed by atoms with van der Waals surface area (Å²) in [5.74, 6) is 1.48. The summed E-state index contributed by atoms with van der Waals surface area (Å²) in [6, 6.07) is 9.84. The van der Waals surface area contributed by atoms with Crippen LogP contribution in [0.4, 0.5) is 4.79 Å². The first-order valence-electron chi connectivity index (χ1n) is 7.49. The number of nitrogens with one attached hydrogen (secondary N) is 1. The molecule has 3 rings (SSSR count). The third kappa shape index (κ3) is 3.12. The van der Waals surface area contributed by atoms with Crippen LogP contribution in [-0.2, 0) is 11.3 Å². The molecule has 4 nitrogen and oxygen atoms in total. The van der Waals surface area contributed by atoms with Gasteiger partial charge >= 0.3 is 6.09 Å². The SMILES string of the molecule is O=C(OCc1ccccc1)N1CCC2CNCC2CC1. The molecule has 1 amide bonds.